The normalized spacial score (nSPS) is 11.9. The van der Waals surface area contributed by atoms with Gasteiger partial charge < -0.3 is 0 Å². The van der Waals surface area contributed by atoms with Gasteiger partial charge in [-0.3, -0.25) is 4.79 Å². The summed E-state index contributed by atoms with van der Waals surface area (Å²) in [4.78, 5) is 10.9. The van der Waals surface area contributed by atoms with Gasteiger partial charge in [0.25, 0.3) is 0 Å². The molecule has 2 aromatic rings. The van der Waals surface area contributed by atoms with Crippen molar-refractivity contribution < 1.29 is 4.79 Å². The quantitative estimate of drug-likeness (QED) is 0.798. The first-order chi connectivity index (χ1) is 8.85. The van der Waals surface area contributed by atoms with Crippen LogP contribution in [0.2, 0.25) is 0 Å². The van der Waals surface area contributed by atoms with Gasteiger partial charge in [0.1, 0.15) is 0 Å². The second-order valence-corrected chi connectivity index (χ2v) is 4.35. The molecule has 0 bridgehead atoms. The lowest BCUT2D eigenvalue weighted by Crippen LogP contribution is -2.06. The number of nitrogens with zero attached hydrogens (tertiary/aromatic N) is 1. The van der Waals surface area contributed by atoms with Crippen molar-refractivity contribution in [1.82, 2.24) is 0 Å². The highest BCUT2D eigenvalue weighted by Crippen LogP contribution is 2.22. The molecule has 0 aliphatic heterocycles. The molecule has 2 heteroatoms. The van der Waals surface area contributed by atoms with Crippen molar-refractivity contribution >= 4 is 17.1 Å². The molecule has 0 heterocycles. The fourth-order valence-corrected chi connectivity index (χ4v) is 2.18. The van der Waals surface area contributed by atoms with Crippen molar-refractivity contribution in [1.29, 1.82) is 5.26 Å². The zero-order valence-electron chi connectivity index (χ0n) is 10.1. The summed E-state index contributed by atoms with van der Waals surface area (Å²) in [6.45, 7) is 0. The maximum Gasteiger partial charge on any atom is 0.202 e. The fraction of sp³-hybridized carbons (Fsp3) is 0.250. The number of nitriles is 1. The Hall–Kier alpha value is -2.14. The van der Waals surface area contributed by atoms with Gasteiger partial charge in [-0.25, -0.2) is 0 Å². The summed E-state index contributed by atoms with van der Waals surface area (Å²) in [7, 11) is 0. The number of benzene rings is 2. The summed E-state index contributed by atoms with van der Waals surface area (Å²) >= 11 is 0. The van der Waals surface area contributed by atoms with Crippen molar-refractivity contribution in [3.8, 4) is 6.07 Å². The third-order valence-electron chi connectivity index (χ3n) is 3.12. The second-order valence-electron chi connectivity index (χ2n) is 4.35. The standard InChI is InChI=1S/C16H14NO/c17-10-4-5-13(12-18)11-15-8-3-7-14-6-1-2-9-16(14)15/h1-3,6-9,13H,4-5,11H2. The predicted molar refractivity (Wildman–Crippen MR) is 71.7 cm³/mol. The van der Waals surface area contributed by atoms with E-state index in [0.717, 1.165) is 5.56 Å². The summed E-state index contributed by atoms with van der Waals surface area (Å²) in [6.07, 6.45) is 3.70. The average molecular weight is 236 g/mol. The molecule has 0 aliphatic carbocycles. The Bertz CT molecular complexity index is 578. The Morgan fingerprint density at radius 1 is 1.11 bits per heavy atom. The molecule has 18 heavy (non-hydrogen) atoms. The van der Waals surface area contributed by atoms with Crippen LogP contribution in [0, 0.1) is 17.2 Å². The molecular weight excluding hydrogens is 222 g/mol. The van der Waals surface area contributed by atoms with Crippen molar-refractivity contribution in [2.45, 2.75) is 19.3 Å². The van der Waals surface area contributed by atoms with Crippen LogP contribution in [0.5, 0.6) is 0 Å². The molecule has 0 saturated heterocycles. The van der Waals surface area contributed by atoms with E-state index in [1.807, 2.05) is 30.6 Å². The first kappa shape index (κ1) is 12.3. The Labute approximate surface area is 107 Å². The van der Waals surface area contributed by atoms with Crippen LogP contribution < -0.4 is 0 Å². The van der Waals surface area contributed by atoms with Crippen molar-refractivity contribution in [2.24, 2.45) is 5.92 Å². The minimum absolute atomic E-state index is 0.185. The van der Waals surface area contributed by atoms with Crippen molar-refractivity contribution in [3.63, 3.8) is 0 Å². The van der Waals surface area contributed by atoms with E-state index in [4.69, 9.17) is 5.26 Å². The lowest BCUT2D eigenvalue weighted by atomic mass is 9.93. The molecule has 1 unspecified atom stereocenters. The zero-order chi connectivity index (χ0) is 12.8. The van der Waals surface area contributed by atoms with Crippen molar-refractivity contribution in [3.05, 3.63) is 48.0 Å². The highest BCUT2D eigenvalue weighted by Gasteiger charge is 2.11. The highest BCUT2D eigenvalue weighted by molar-refractivity contribution is 5.85. The predicted octanol–water partition coefficient (Wildman–Crippen LogP) is 3.41. The molecule has 1 radical (unpaired) electrons. The van der Waals surface area contributed by atoms with Crippen LogP contribution in [-0.2, 0) is 11.2 Å². The Balaban J connectivity index is 2.25. The molecule has 0 aliphatic rings. The summed E-state index contributed by atoms with van der Waals surface area (Å²) in [6, 6.07) is 16.3. The maximum atomic E-state index is 10.9. The van der Waals surface area contributed by atoms with E-state index in [9.17, 15) is 4.79 Å². The largest absolute Gasteiger partial charge is 0.291 e. The third-order valence-corrected chi connectivity index (χ3v) is 3.12. The molecular formula is C16H14NO. The van der Waals surface area contributed by atoms with E-state index >= 15 is 0 Å². The summed E-state index contributed by atoms with van der Waals surface area (Å²) in [5.41, 5.74) is 1.15. The molecule has 0 spiro atoms. The molecule has 2 aromatic carbocycles. The van der Waals surface area contributed by atoms with Crippen LogP contribution in [0.25, 0.3) is 10.8 Å². The molecule has 0 saturated carbocycles. The number of fused-ring (bicyclic) bond motifs is 1. The molecule has 0 fully saturated rings. The van der Waals surface area contributed by atoms with E-state index < -0.39 is 0 Å². The van der Waals surface area contributed by atoms with E-state index in [1.54, 1.807) is 0 Å². The molecule has 0 aromatic heterocycles. The average Bonchev–Trinajstić information content (AvgIpc) is 2.43. The molecule has 1 atom stereocenters. The smallest absolute Gasteiger partial charge is 0.202 e. The van der Waals surface area contributed by atoms with Crippen LogP contribution in [0.15, 0.2) is 42.5 Å². The van der Waals surface area contributed by atoms with Crippen molar-refractivity contribution in [2.75, 3.05) is 0 Å². The van der Waals surface area contributed by atoms with Crippen LogP contribution in [0.4, 0.5) is 0 Å². The maximum absolute atomic E-state index is 10.9. The van der Waals surface area contributed by atoms with Crippen LogP contribution in [0.1, 0.15) is 18.4 Å². The number of rotatable bonds is 5. The number of hydrogen-bond acceptors (Lipinski definition) is 2. The van der Waals surface area contributed by atoms with E-state index in [2.05, 4.69) is 24.3 Å². The van der Waals surface area contributed by atoms with Gasteiger partial charge in [-0.05, 0) is 29.2 Å². The summed E-state index contributed by atoms with van der Waals surface area (Å²) < 4.78 is 0. The minimum atomic E-state index is -0.185. The summed E-state index contributed by atoms with van der Waals surface area (Å²) in [5.74, 6) is -0.185. The van der Waals surface area contributed by atoms with Crippen LogP contribution in [0.3, 0.4) is 0 Å². The van der Waals surface area contributed by atoms with E-state index in [0.29, 0.717) is 19.3 Å². The second kappa shape index (κ2) is 5.97. The van der Waals surface area contributed by atoms with Gasteiger partial charge in [0.15, 0.2) is 0 Å². The number of hydrogen-bond donors (Lipinski definition) is 0. The molecule has 0 amide bonds. The molecule has 2 nitrogen and oxygen atoms in total. The van der Waals surface area contributed by atoms with Gasteiger partial charge in [0.2, 0.25) is 6.29 Å². The summed E-state index contributed by atoms with van der Waals surface area (Å²) in [5, 5.41) is 10.9. The Morgan fingerprint density at radius 3 is 2.67 bits per heavy atom. The van der Waals surface area contributed by atoms with Crippen LogP contribution in [-0.4, -0.2) is 6.29 Å². The minimum Gasteiger partial charge on any atom is -0.291 e. The molecule has 89 valence electrons. The van der Waals surface area contributed by atoms with Crippen LogP contribution >= 0.6 is 0 Å². The number of carbonyl (C=O) groups excluding carboxylic acids is 1. The first-order valence-corrected chi connectivity index (χ1v) is 6.06. The van der Waals surface area contributed by atoms with E-state index in [-0.39, 0.29) is 5.92 Å². The first-order valence-electron chi connectivity index (χ1n) is 6.06. The third kappa shape index (κ3) is 2.75. The Kier molecular flexibility index (Phi) is 4.09. The molecule has 2 rings (SSSR count). The van der Waals surface area contributed by atoms with Gasteiger partial charge in [-0.1, -0.05) is 42.5 Å². The monoisotopic (exact) mass is 236 g/mol. The fourth-order valence-electron chi connectivity index (χ4n) is 2.18. The van der Waals surface area contributed by atoms with Gasteiger partial charge in [-0.2, -0.15) is 5.26 Å². The topological polar surface area (TPSA) is 40.9 Å². The van der Waals surface area contributed by atoms with Gasteiger partial charge >= 0.3 is 0 Å². The highest BCUT2D eigenvalue weighted by atomic mass is 16.1. The molecule has 0 N–H and O–H groups in total. The van der Waals surface area contributed by atoms with E-state index in [1.165, 1.54) is 10.8 Å². The Morgan fingerprint density at radius 2 is 1.89 bits per heavy atom. The van der Waals surface area contributed by atoms with Gasteiger partial charge in [-0.15, -0.1) is 0 Å². The lowest BCUT2D eigenvalue weighted by molar-refractivity contribution is 0.507. The lowest BCUT2D eigenvalue weighted by Gasteiger charge is -2.10. The SMILES string of the molecule is N#CCCC([C]=O)Cc1cccc2ccccc12. The zero-order valence-corrected chi connectivity index (χ0v) is 10.1. The van der Waals surface area contributed by atoms with Gasteiger partial charge in [0, 0.05) is 12.3 Å². The van der Waals surface area contributed by atoms with Gasteiger partial charge in [0.05, 0.1) is 6.07 Å².